The molecule has 4 fully saturated rings. The molecule has 2 nitrogen and oxygen atoms in total. The van der Waals surface area contributed by atoms with Crippen LogP contribution in [0.25, 0.3) is 0 Å². The van der Waals surface area contributed by atoms with Gasteiger partial charge in [0.25, 0.3) is 0 Å². The molecule has 0 unspecified atom stereocenters. The first-order valence-electron chi connectivity index (χ1n) is 9.23. The lowest BCUT2D eigenvalue weighted by atomic mass is 9.45. The molecule has 0 aromatic heterocycles. The number of hydrogen-bond acceptors (Lipinski definition) is 2. The van der Waals surface area contributed by atoms with Crippen molar-refractivity contribution in [3.63, 3.8) is 0 Å². The van der Waals surface area contributed by atoms with Crippen molar-refractivity contribution in [1.82, 2.24) is 0 Å². The van der Waals surface area contributed by atoms with Crippen LogP contribution in [0.2, 0.25) is 0 Å². The Balaban J connectivity index is 1.65. The SMILES string of the molecule is C[C@]12CCC(=O)[C@@H](Br)[C@H]1CC[C@H]1[C@H]2CC[C@]2(C)[C@@H](O)CC[C@@H]12. The van der Waals surface area contributed by atoms with E-state index in [9.17, 15) is 9.90 Å². The van der Waals surface area contributed by atoms with Crippen molar-refractivity contribution in [2.24, 2.45) is 34.5 Å². The molecule has 4 saturated carbocycles. The number of hydrogen-bond donors (Lipinski definition) is 1. The smallest absolute Gasteiger partial charge is 0.146 e. The first-order chi connectivity index (χ1) is 10.4. The molecule has 4 rings (SSSR count). The summed E-state index contributed by atoms with van der Waals surface area (Å²) < 4.78 is 0. The lowest BCUT2D eigenvalue weighted by Gasteiger charge is -2.60. The molecule has 0 heterocycles. The predicted octanol–water partition coefficient (Wildman–Crippen LogP) is 4.33. The summed E-state index contributed by atoms with van der Waals surface area (Å²) in [6.07, 6.45) is 8.90. The van der Waals surface area contributed by atoms with E-state index in [1.54, 1.807) is 0 Å². The van der Waals surface area contributed by atoms with Crippen LogP contribution in [0.1, 0.15) is 65.2 Å². The van der Waals surface area contributed by atoms with Gasteiger partial charge in [0.05, 0.1) is 10.9 Å². The summed E-state index contributed by atoms with van der Waals surface area (Å²) in [4.78, 5) is 12.2. The minimum absolute atomic E-state index is 0.0826. The van der Waals surface area contributed by atoms with Gasteiger partial charge in [-0.2, -0.15) is 0 Å². The predicted molar refractivity (Wildman–Crippen MR) is 90.8 cm³/mol. The van der Waals surface area contributed by atoms with Gasteiger partial charge in [0.15, 0.2) is 0 Å². The van der Waals surface area contributed by atoms with E-state index >= 15 is 0 Å². The van der Waals surface area contributed by atoms with Gasteiger partial charge in [-0.1, -0.05) is 29.8 Å². The second-order valence-electron chi connectivity index (χ2n) is 9.07. The molecular formula is C19H29BrO2. The fraction of sp³-hybridized carbons (Fsp3) is 0.947. The zero-order valence-corrected chi connectivity index (χ0v) is 15.4. The minimum Gasteiger partial charge on any atom is -0.393 e. The maximum atomic E-state index is 12.1. The van der Waals surface area contributed by atoms with Crippen LogP contribution in [0.4, 0.5) is 0 Å². The van der Waals surface area contributed by atoms with Crippen LogP contribution in [0.3, 0.4) is 0 Å². The molecule has 0 spiro atoms. The summed E-state index contributed by atoms with van der Waals surface area (Å²) in [5, 5.41) is 10.5. The molecular weight excluding hydrogens is 340 g/mol. The first-order valence-corrected chi connectivity index (χ1v) is 10.1. The first kappa shape index (κ1) is 15.6. The van der Waals surface area contributed by atoms with Gasteiger partial charge in [0.1, 0.15) is 5.78 Å². The van der Waals surface area contributed by atoms with Crippen molar-refractivity contribution in [3.05, 3.63) is 0 Å². The van der Waals surface area contributed by atoms with Gasteiger partial charge in [0, 0.05) is 6.42 Å². The van der Waals surface area contributed by atoms with Gasteiger partial charge in [0.2, 0.25) is 0 Å². The number of carbonyl (C=O) groups excluding carboxylic acids is 1. The molecule has 8 atom stereocenters. The van der Waals surface area contributed by atoms with E-state index in [1.807, 2.05) is 0 Å². The molecule has 1 N–H and O–H groups in total. The molecule has 124 valence electrons. The van der Waals surface area contributed by atoms with E-state index in [2.05, 4.69) is 29.8 Å². The molecule has 0 aromatic rings. The Hall–Kier alpha value is 0.110. The Morgan fingerprint density at radius 2 is 1.64 bits per heavy atom. The van der Waals surface area contributed by atoms with Gasteiger partial charge in [-0.05, 0) is 79.4 Å². The lowest BCUT2D eigenvalue weighted by Crippen LogP contribution is -2.56. The highest BCUT2D eigenvalue weighted by Gasteiger charge is 2.61. The average molecular weight is 369 g/mol. The second kappa shape index (κ2) is 5.05. The largest absolute Gasteiger partial charge is 0.393 e. The van der Waals surface area contributed by atoms with Crippen LogP contribution in [0.5, 0.6) is 0 Å². The normalized spacial score (nSPS) is 57.9. The molecule has 0 aliphatic heterocycles. The Kier molecular flexibility index (Phi) is 3.59. The second-order valence-corrected chi connectivity index (χ2v) is 10.1. The molecule has 0 aromatic carbocycles. The zero-order valence-electron chi connectivity index (χ0n) is 13.9. The highest BCUT2D eigenvalue weighted by molar-refractivity contribution is 9.10. The van der Waals surface area contributed by atoms with Crippen molar-refractivity contribution in [2.45, 2.75) is 76.1 Å². The van der Waals surface area contributed by atoms with Crippen LogP contribution < -0.4 is 0 Å². The third kappa shape index (κ3) is 1.90. The third-order valence-corrected chi connectivity index (χ3v) is 9.61. The number of carbonyl (C=O) groups is 1. The van der Waals surface area contributed by atoms with Crippen molar-refractivity contribution in [3.8, 4) is 0 Å². The summed E-state index contributed by atoms with van der Waals surface area (Å²) in [6, 6.07) is 0. The van der Waals surface area contributed by atoms with Gasteiger partial charge in [-0.3, -0.25) is 4.79 Å². The van der Waals surface area contributed by atoms with Crippen LogP contribution in [0, 0.1) is 34.5 Å². The maximum Gasteiger partial charge on any atom is 0.146 e. The number of rotatable bonds is 0. The van der Waals surface area contributed by atoms with Gasteiger partial charge in [-0.25, -0.2) is 0 Å². The summed E-state index contributed by atoms with van der Waals surface area (Å²) in [7, 11) is 0. The molecule has 0 radical (unpaired) electrons. The number of Topliss-reactive ketones (excluding diaryl/α,β-unsaturated/α-hetero) is 1. The van der Waals surface area contributed by atoms with E-state index in [4.69, 9.17) is 0 Å². The highest BCUT2D eigenvalue weighted by atomic mass is 79.9. The fourth-order valence-electron chi connectivity index (χ4n) is 7.06. The maximum absolute atomic E-state index is 12.1. The van der Waals surface area contributed by atoms with Gasteiger partial charge >= 0.3 is 0 Å². The Morgan fingerprint density at radius 3 is 2.41 bits per heavy atom. The number of alkyl halides is 1. The van der Waals surface area contributed by atoms with Crippen LogP contribution in [-0.4, -0.2) is 21.8 Å². The van der Waals surface area contributed by atoms with E-state index in [1.165, 1.54) is 32.1 Å². The molecule has 0 bridgehead atoms. The Labute approximate surface area is 142 Å². The van der Waals surface area contributed by atoms with E-state index in [0.717, 1.165) is 31.1 Å². The summed E-state index contributed by atoms with van der Waals surface area (Å²) in [5.41, 5.74) is 0.502. The van der Waals surface area contributed by atoms with Crippen LogP contribution in [-0.2, 0) is 4.79 Å². The summed E-state index contributed by atoms with van der Waals surface area (Å²) >= 11 is 3.73. The zero-order chi connectivity index (χ0) is 15.7. The van der Waals surface area contributed by atoms with E-state index in [-0.39, 0.29) is 16.3 Å². The standard InChI is InChI=1S/C19H29BrO2/c1-18-10-8-15(21)17(20)14(18)4-3-11-12-5-6-16(22)19(12,2)9-7-13(11)18/h11-14,16-17,22H,3-10H2,1-2H3/t11-,12+,13-,14-,16+,17+,18-,19+/m1/s1. The van der Waals surface area contributed by atoms with Crippen LogP contribution in [0.15, 0.2) is 0 Å². The van der Waals surface area contributed by atoms with E-state index in [0.29, 0.717) is 23.0 Å². The van der Waals surface area contributed by atoms with Crippen molar-refractivity contribution >= 4 is 21.7 Å². The topological polar surface area (TPSA) is 37.3 Å². The van der Waals surface area contributed by atoms with Crippen molar-refractivity contribution < 1.29 is 9.90 Å². The lowest BCUT2D eigenvalue weighted by molar-refractivity contribution is -0.140. The van der Waals surface area contributed by atoms with Crippen molar-refractivity contribution in [1.29, 1.82) is 0 Å². The minimum atomic E-state index is -0.0826. The highest BCUT2D eigenvalue weighted by Crippen LogP contribution is 2.66. The number of fused-ring (bicyclic) bond motifs is 5. The molecule has 0 saturated heterocycles. The average Bonchev–Trinajstić information content (AvgIpc) is 2.79. The summed E-state index contributed by atoms with van der Waals surface area (Å²) in [6.45, 7) is 4.82. The molecule has 4 aliphatic rings. The molecule has 4 aliphatic carbocycles. The number of aliphatic hydroxyl groups excluding tert-OH is 1. The monoisotopic (exact) mass is 368 g/mol. The number of ketones is 1. The van der Waals surface area contributed by atoms with Gasteiger partial charge < -0.3 is 5.11 Å². The number of halogens is 1. The van der Waals surface area contributed by atoms with Crippen LogP contribution >= 0.6 is 15.9 Å². The van der Waals surface area contributed by atoms with E-state index < -0.39 is 0 Å². The quantitative estimate of drug-likeness (QED) is 0.646. The third-order valence-electron chi connectivity index (χ3n) is 8.46. The Morgan fingerprint density at radius 1 is 0.955 bits per heavy atom. The molecule has 22 heavy (non-hydrogen) atoms. The molecule has 3 heteroatoms. The summed E-state index contributed by atoms with van der Waals surface area (Å²) in [5.74, 6) is 3.22. The number of aliphatic hydroxyl groups is 1. The molecule has 0 amide bonds. The van der Waals surface area contributed by atoms with Crippen molar-refractivity contribution in [2.75, 3.05) is 0 Å². The Bertz CT molecular complexity index is 492. The van der Waals surface area contributed by atoms with Gasteiger partial charge in [-0.15, -0.1) is 0 Å². The fourth-order valence-corrected chi connectivity index (χ4v) is 8.16.